The van der Waals surface area contributed by atoms with Gasteiger partial charge >= 0.3 is 5.91 Å². The van der Waals surface area contributed by atoms with Gasteiger partial charge in [0.15, 0.2) is 16.6 Å². The molecule has 3 heterocycles. The Morgan fingerprint density at radius 1 is 1.10 bits per heavy atom. The second kappa shape index (κ2) is 9.97. The highest BCUT2D eigenvalue weighted by atomic mass is 32.1. The Morgan fingerprint density at radius 3 is 2.58 bits per heavy atom. The number of aliphatic hydroxyl groups excluding tert-OH is 1. The van der Waals surface area contributed by atoms with Gasteiger partial charge in [-0.3, -0.25) is 24.6 Å². The van der Waals surface area contributed by atoms with Gasteiger partial charge in [0.25, 0.3) is 11.5 Å². The molecule has 1 amide bonds. The van der Waals surface area contributed by atoms with Crippen LogP contribution < -0.4 is 19.1 Å². The summed E-state index contributed by atoms with van der Waals surface area (Å²) in [5, 5.41) is 22.9. The maximum Gasteiger partial charge on any atom is 0.301 e. The number of Topliss-reactive ketones (excluding diaryl/α,β-unsaturated/α-hetero) is 1. The van der Waals surface area contributed by atoms with Crippen LogP contribution in [-0.2, 0) is 9.59 Å². The number of hydrogen-bond acceptors (Lipinski definition) is 10. The number of non-ortho nitro benzene ring substituents is 1. The Morgan fingerprint density at radius 2 is 1.85 bits per heavy atom. The fourth-order valence-corrected chi connectivity index (χ4v) is 5.74. The summed E-state index contributed by atoms with van der Waals surface area (Å²) in [6.07, 6.45) is 0. The van der Waals surface area contributed by atoms with Crippen molar-refractivity contribution >= 4 is 49.8 Å². The first-order valence-electron chi connectivity index (χ1n) is 12.3. The Hall–Kier alpha value is -4.97. The zero-order valence-corrected chi connectivity index (χ0v) is 21.8. The van der Waals surface area contributed by atoms with E-state index in [0.29, 0.717) is 48.1 Å². The lowest BCUT2D eigenvalue weighted by Gasteiger charge is -2.23. The molecule has 0 aliphatic carbocycles. The lowest BCUT2D eigenvalue weighted by Crippen LogP contribution is -2.29. The number of amides is 1. The highest BCUT2D eigenvalue weighted by Gasteiger charge is 2.48. The summed E-state index contributed by atoms with van der Waals surface area (Å²) in [4.78, 5) is 43.5. The number of ether oxygens (including phenoxy) is 3. The largest absolute Gasteiger partial charge is 0.507 e. The van der Waals surface area contributed by atoms with Crippen LogP contribution in [-0.4, -0.2) is 46.5 Å². The topological polar surface area (TPSA) is 141 Å². The van der Waals surface area contributed by atoms with Crippen molar-refractivity contribution in [1.29, 1.82) is 0 Å². The Bertz CT molecular complexity index is 1710. The van der Waals surface area contributed by atoms with Gasteiger partial charge in [-0.25, -0.2) is 4.98 Å². The molecule has 0 bridgehead atoms. The third kappa shape index (κ3) is 4.28. The second-order valence-corrected chi connectivity index (χ2v) is 9.94. The third-order valence-electron chi connectivity index (χ3n) is 6.55. The van der Waals surface area contributed by atoms with Gasteiger partial charge in [-0.15, -0.1) is 0 Å². The number of nitro benzene ring substituents is 1. The third-order valence-corrected chi connectivity index (χ3v) is 7.56. The number of hydrogen-bond donors (Lipinski definition) is 1. The van der Waals surface area contributed by atoms with E-state index >= 15 is 0 Å². The van der Waals surface area contributed by atoms with Gasteiger partial charge < -0.3 is 19.3 Å². The molecule has 2 aliphatic heterocycles. The zero-order valence-electron chi connectivity index (χ0n) is 21.0. The minimum absolute atomic E-state index is 0.157. The molecule has 40 heavy (non-hydrogen) atoms. The molecule has 0 saturated carbocycles. The number of anilines is 1. The molecule has 1 saturated heterocycles. The van der Waals surface area contributed by atoms with Crippen molar-refractivity contribution < 1.29 is 33.8 Å². The molecule has 4 aromatic rings. The first-order valence-corrected chi connectivity index (χ1v) is 13.2. The quantitative estimate of drug-likeness (QED) is 0.114. The van der Waals surface area contributed by atoms with Crippen molar-refractivity contribution in [3.63, 3.8) is 0 Å². The lowest BCUT2D eigenvalue weighted by molar-refractivity contribution is -0.384. The first kappa shape index (κ1) is 25.3. The fourth-order valence-electron chi connectivity index (χ4n) is 4.72. The summed E-state index contributed by atoms with van der Waals surface area (Å²) >= 11 is 1.19. The maximum atomic E-state index is 13.5. The van der Waals surface area contributed by atoms with Crippen molar-refractivity contribution in [3.05, 3.63) is 87.5 Å². The van der Waals surface area contributed by atoms with Gasteiger partial charge in [0, 0.05) is 17.7 Å². The van der Waals surface area contributed by atoms with Crippen molar-refractivity contribution in [2.75, 3.05) is 24.7 Å². The average molecular weight is 560 g/mol. The van der Waals surface area contributed by atoms with Crippen LogP contribution in [0.25, 0.3) is 16.0 Å². The van der Waals surface area contributed by atoms with Crippen LogP contribution in [0.1, 0.15) is 24.1 Å². The number of rotatable bonds is 6. The smallest absolute Gasteiger partial charge is 0.301 e. The molecule has 12 heteroatoms. The minimum atomic E-state index is -1.10. The predicted molar refractivity (Wildman–Crippen MR) is 146 cm³/mol. The van der Waals surface area contributed by atoms with Crippen LogP contribution in [0.15, 0.2) is 66.2 Å². The standard InChI is InChI=1S/C28H21N3O8S/c1-2-37-18-8-9-19-22(14-18)40-28(29-19)30-24(15-3-6-17(7-4-15)31(35)36)23(26(33)27(30)34)25(32)16-5-10-20-21(13-16)39-12-11-38-20/h3-10,13-14,24,32H,2,11-12H2,1H3/b25-23-. The molecular formula is C28H21N3O8S. The molecule has 0 spiro atoms. The number of aromatic nitrogens is 1. The van der Waals surface area contributed by atoms with Crippen molar-refractivity contribution in [2.45, 2.75) is 13.0 Å². The van der Waals surface area contributed by atoms with E-state index in [9.17, 15) is 24.8 Å². The van der Waals surface area contributed by atoms with E-state index in [2.05, 4.69) is 4.98 Å². The Kier molecular flexibility index (Phi) is 6.31. The van der Waals surface area contributed by atoms with E-state index in [1.165, 1.54) is 46.6 Å². The highest BCUT2D eigenvalue weighted by molar-refractivity contribution is 7.22. The molecule has 0 radical (unpaired) electrons. The van der Waals surface area contributed by atoms with Gasteiger partial charge in [-0.2, -0.15) is 0 Å². The molecule has 1 atom stereocenters. The highest BCUT2D eigenvalue weighted by Crippen LogP contribution is 2.45. The summed E-state index contributed by atoms with van der Waals surface area (Å²) < 4.78 is 17.5. The number of fused-ring (bicyclic) bond motifs is 2. The molecule has 1 fully saturated rings. The number of aliphatic hydroxyl groups is 1. The summed E-state index contributed by atoms with van der Waals surface area (Å²) in [6.45, 7) is 3.06. The van der Waals surface area contributed by atoms with Crippen LogP contribution in [0, 0.1) is 10.1 Å². The summed E-state index contributed by atoms with van der Waals surface area (Å²) in [7, 11) is 0. The summed E-state index contributed by atoms with van der Waals surface area (Å²) in [6, 6.07) is 14.4. The van der Waals surface area contributed by atoms with Gasteiger partial charge in [-0.05, 0) is 61.0 Å². The maximum absolute atomic E-state index is 13.5. The molecule has 6 rings (SSSR count). The van der Waals surface area contributed by atoms with E-state index in [1.807, 2.05) is 6.92 Å². The molecule has 1 N–H and O–H groups in total. The van der Waals surface area contributed by atoms with Crippen molar-refractivity contribution in [2.24, 2.45) is 0 Å². The summed E-state index contributed by atoms with van der Waals surface area (Å²) in [5.74, 6) is -0.681. The zero-order chi connectivity index (χ0) is 28.0. The van der Waals surface area contributed by atoms with E-state index in [-0.39, 0.29) is 22.0 Å². The molecule has 3 aromatic carbocycles. The normalized spacial score (nSPS) is 17.8. The van der Waals surface area contributed by atoms with Crippen LogP contribution in [0.2, 0.25) is 0 Å². The van der Waals surface area contributed by atoms with E-state index in [0.717, 1.165) is 4.70 Å². The predicted octanol–water partition coefficient (Wildman–Crippen LogP) is 5.00. The number of nitro groups is 1. The monoisotopic (exact) mass is 559 g/mol. The van der Waals surface area contributed by atoms with Gasteiger partial charge in [0.05, 0.1) is 33.4 Å². The van der Waals surface area contributed by atoms with E-state index < -0.39 is 28.4 Å². The van der Waals surface area contributed by atoms with Crippen molar-refractivity contribution in [1.82, 2.24) is 4.98 Å². The van der Waals surface area contributed by atoms with Crippen LogP contribution in [0.5, 0.6) is 17.2 Å². The molecule has 1 aromatic heterocycles. The molecule has 1 unspecified atom stereocenters. The first-order chi connectivity index (χ1) is 19.4. The second-order valence-electron chi connectivity index (χ2n) is 8.94. The SMILES string of the molecule is CCOc1ccc2nc(N3C(=O)C(=O)/C(=C(\O)c4ccc5c(c4)OCCO5)C3c3ccc([N+](=O)[O-])cc3)sc2c1. The number of ketones is 1. The lowest BCUT2D eigenvalue weighted by atomic mass is 9.95. The average Bonchev–Trinajstić information content (AvgIpc) is 3.50. The number of benzene rings is 3. The summed E-state index contributed by atoms with van der Waals surface area (Å²) in [5.41, 5.74) is 0.901. The van der Waals surface area contributed by atoms with Gasteiger partial charge in [0.2, 0.25) is 0 Å². The van der Waals surface area contributed by atoms with Crippen LogP contribution >= 0.6 is 11.3 Å². The Balaban J connectivity index is 1.51. The fraction of sp³-hybridized carbons (Fsp3) is 0.179. The number of carbonyl (C=O) groups excluding carboxylic acids is 2. The minimum Gasteiger partial charge on any atom is -0.507 e. The van der Waals surface area contributed by atoms with Crippen LogP contribution in [0.3, 0.4) is 0 Å². The molecule has 202 valence electrons. The number of thiazole rings is 1. The Labute approximate surface area is 231 Å². The number of nitrogens with zero attached hydrogens (tertiary/aromatic N) is 3. The van der Waals surface area contributed by atoms with Crippen molar-refractivity contribution in [3.8, 4) is 17.2 Å². The van der Waals surface area contributed by atoms with Crippen LogP contribution in [0.4, 0.5) is 10.8 Å². The van der Waals surface area contributed by atoms with Gasteiger partial charge in [-0.1, -0.05) is 11.3 Å². The number of carbonyl (C=O) groups is 2. The molecule has 11 nitrogen and oxygen atoms in total. The molecule has 2 aliphatic rings. The van der Waals surface area contributed by atoms with E-state index in [4.69, 9.17) is 14.2 Å². The van der Waals surface area contributed by atoms with E-state index in [1.54, 1.807) is 30.3 Å². The van der Waals surface area contributed by atoms with Gasteiger partial charge in [0.1, 0.15) is 24.7 Å². The molecular weight excluding hydrogens is 538 g/mol.